The Labute approximate surface area is 131 Å². The largest absolute Gasteiger partial charge is 0.377 e. The molecule has 0 radical (unpaired) electrons. The van der Waals surface area contributed by atoms with Crippen molar-refractivity contribution in [1.29, 1.82) is 0 Å². The topological polar surface area (TPSA) is 59.4 Å². The molecule has 1 N–H and O–H groups in total. The summed E-state index contributed by atoms with van der Waals surface area (Å²) >= 11 is 0. The van der Waals surface area contributed by atoms with E-state index >= 15 is 0 Å². The maximum atomic E-state index is 11.6. The molecule has 2 aliphatic rings. The highest BCUT2D eigenvalue weighted by Crippen LogP contribution is 2.36. The van der Waals surface area contributed by atoms with Crippen LogP contribution < -0.4 is 5.32 Å². The maximum Gasteiger partial charge on any atom is 0.222 e. The van der Waals surface area contributed by atoms with Crippen molar-refractivity contribution >= 4 is 5.91 Å². The predicted molar refractivity (Wildman–Crippen MR) is 83.2 cm³/mol. The van der Waals surface area contributed by atoms with Gasteiger partial charge in [-0.25, -0.2) is 0 Å². The van der Waals surface area contributed by atoms with Crippen molar-refractivity contribution in [3.05, 3.63) is 18.0 Å². The molecule has 1 aromatic heterocycles. The number of fused-ring (bicyclic) bond motifs is 1. The Balaban J connectivity index is 1.53. The van der Waals surface area contributed by atoms with E-state index in [1.54, 1.807) is 7.05 Å². The first-order valence-corrected chi connectivity index (χ1v) is 8.25. The number of amides is 1. The van der Waals surface area contributed by atoms with Gasteiger partial charge in [-0.15, -0.1) is 0 Å². The average Bonchev–Trinajstić information content (AvgIpc) is 3.14. The van der Waals surface area contributed by atoms with Crippen LogP contribution in [0.25, 0.3) is 0 Å². The zero-order valence-corrected chi connectivity index (χ0v) is 13.5. The summed E-state index contributed by atoms with van der Waals surface area (Å²) in [5.41, 5.74) is 1.28. The predicted octanol–water partition coefficient (Wildman–Crippen LogP) is 0.876. The lowest BCUT2D eigenvalue weighted by atomic mass is 9.83. The minimum absolute atomic E-state index is 0.0834. The van der Waals surface area contributed by atoms with Gasteiger partial charge < -0.3 is 10.1 Å². The second-order valence-corrected chi connectivity index (χ2v) is 6.40. The summed E-state index contributed by atoms with van der Waals surface area (Å²) in [5.74, 6) is 1.18. The van der Waals surface area contributed by atoms with Gasteiger partial charge >= 0.3 is 0 Å². The summed E-state index contributed by atoms with van der Waals surface area (Å²) < 4.78 is 7.86. The van der Waals surface area contributed by atoms with E-state index in [-0.39, 0.29) is 12.0 Å². The first kappa shape index (κ1) is 15.5. The second kappa shape index (κ2) is 6.79. The standard InChI is InChI=1S/C16H26N4O2/c1-3-20-9-12(7-18-20)8-19-5-4-14-13(10-19)11-22-15(14)6-16(21)17-2/h7,9,13-15H,3-6,8,10-11H2,1-2H3,(H,17,21)/t13-,14-,15+/m1/s1. The lowest BCUT2D eigenvalue weighted by molar-refractivity contribution is -0.123. The molecule has 0 saturated carbocycles. The number of aryl methyl sites for hydroxylation is 1. The summed E-state index contributed by atoms with van der Waals surface area (Å²) in [4.78, 5) is 14.1. The summed E-state index contributed by atoms with van der Waals surface area (Å²) in [7, 11) is 1.69. The van der Waals surface area contributed by atoms with E-state index in [1.165, 1.54) is 5.56 Å². The third kappa shape index (κ3) is 3.33. The van der Waals surface area contributed by atoms with Crippen molar-refractivity contribution in [3.8, 4) is 0 Å². The van der Waals surface area contributed by atoms with E-state index in [4.69, 9.17) is 4.74 Å². The van der Waals surface area contributed by atoms with Crippen LogP contribution in [0.1, 0.15) is 25.3 Å². The minimum Gasteiger partial charge on any atom is -0.377 e. The number of ether oxygens (including phenoxy) is 1. The van der Waals surface area contributed by atoms with Gasteiger partial charge in [0.15, 0.2) is 0 Å². The lowest BCUT2D eigenvalue weighted by Crippen LogP contribution is -2.41. The minimum atomic E-state index is 0.0834. The Morgan fingerprint density at radius 2 is 2.41 bits per heavy atom. The Morgan fingerprint density at radius 3 is 3.14 bits per heavy atom. The smallest absolute Gasteiger partial charge is 0.222 e. The second-order valence-electron chi connectivity index (χ2n) is 6.40. The molecule has 2 aliphatic heterocycles. The number of hydrogen-bond acceptors (Lipinski definition) is 4. The van der Waals surface area contributed by atoms with Crippen molar-refractivity contribution in [2.75, 3.05) is 26.7 Å². The van der Waals surface area contributed by atoms with Crippen LogP contribution in [-0.2, 0) is 22.6 Å². The summed E-state index contributed by atoms with van der Waals surface area (Å²) in [5, 5.41) is 7.04. The van der Waals surface area contributed by atoms with Crippen molar-refractivity contribution < 1.29 is 9.53 Å². The van der Waals surface area contributed by atoms with Crippen LogP contribution >= 0.6 is 0 Å². The van der Waals surface area contributed by atoms with Crippen molar-refractivity contribution in [2.24, 2.45) is 11.8 Å². The Bertz CT molecular complexity index is 516. The molecule has 0 bridgehead atoms. The molecule has 2 saturated heterocycles. The molecule has 0 aliphatic carbocycles. The van der Waals surface area contributed by atoms with Crippen LogP contribution in [0.3, 0.4) is 0 Å². The highest BCUT2D eigenvalue weighted by molar-refractivity contribution is 5.76. The van der Waals surface area contributed by atoms with E-state index < -0.39 is 0 Å². The number of carbonyl (C=O) groups excluding carboxylic acids is 1. The Kier molecular flexibility index (Phi) is 4.78. The van der Waals surface area contributed by atoms with Crippen LogP contribution in [0.2, 0.25) is 0 Å². The number of rotatable bonds is 5. The lowest BCUT2D eigenvalue weighted by Gasteiger charge is -2.35. The van der Waals surface area contributed by atoms with Crippen LogP contribution in [0.5, 0.6) is 0 Å². The first-order chi connectivity index (χ1) is 10.7. The molecular formula is C16H26N4O2. The van der Waals surface area contributed by atoms with Gasteiger partial charge in [0, 0.05) is 44.4 Å². The van der Waals surface area contributed by atoms with Gasteiger partial charge in [0.05, 0.1) is 25.3 Å². The third-order valence-corrected chi connectivity index (χ3v) is 4.96. The monoisotopic (exact) mass is 306 g/mol. The van der Waals surface area contributed by atoms with Gasteiger partial charge in [-0.3, -0.25) is 14.4 Å². The summed E-state index contributed by atoms with van der Waals surface area (Å²) in [6.45, 7) is 6.91. The molecule has 1 aromatic rings. The van der Waals surface area contributed by atoms with E-state index in [0.29, 0.717) is 18.3 Å². The number of nitrogens with zero attached hydrogens (tertiary/aromatic N) is 3. The van der Waals surface area contributed by atoms with Gasteiger partial charge in [0.2, 0.25) is 5.91 Å². The number of nitrogens with one attached hydrogen (secondary N) is 1. The fourth-order valence-electron chi connectivity index (χ4n) is 3.72. The SMILES string of the molecule is CCn1cc(CN2CC[C@@H]3[C@@H](CO[C@H]3CC(=O)NC)C2)cn1. The van der Waals surface area contributed by atoms with Gasteiger partial charge in [-0.1, -0.05) is 0 Å². The average molecular weight is 306 g/mol. The van der Waals surface area contributed by atoms with Gasteiger partial charge in [-0.2, -0.15) is 5.10 Å². The van der Waals surface area contributed by atoms with E-state index in [0.717, 1.165) is 39.2 Å². The van der Waals surface area contributed by atoms with E-state index in [9.17, 15) is 4.79 Å². The number of likely N-dealkylation sites (tertiary alicyclic amines) is 1. The molecule has 3 atom stereocenters. The first-order valence-electron chi connectivity index (χ1n) is 8.25. The molecule has 122 valence electrons. The number of carbonyl (C=O) groups is 1. The van der Waals surface area contributed by atoms with Gasteiger partial charge in [0.1, 0.15) is 0 Å². The zero-order valence-electron chi connectivity index (χ0n) is 13.5. The number of piperidine rings is 1. The Hall–Kier alpha value is -1.40. The molecule has 0 spiro atoms. The molecule has 6 nitrogen and oxygen atoms in total. The van der Waals surface area contributed by atoms with Gasteiger partial charge in [0.25, 0.3) is 0 Å². The molecule has 1 amide bonds. The molecule has 3 heterocycles. The molecule has 0 unspecified atom stereocenters. The molecule has 2 fully saturated rings. The quantitative estimate of drug-likeness (QED) is 0.877. The summed E-state index contributed by atoms with van der Waals surface area (Å²) in [6, 6.07) is 0. The summed E-state index contributed by atoms with van der Waals surface area (Å²) in [6.07, 6.45) is 5.82. The zero-order chi connectivity index (χ0) is 15.5. The number of aromatic nitrogens is 2. The fourth-order valence-corrected chi connectivity index (χ4v) is 3.72. The number of hydrogen-bond donors (Lipinski definition) is 1. The van der Waals surface area contributed by atoms with Crippen molar-refractivity contribution in [2.45, 2.75) is 39.0 Å². The molecular weight excluding hydrogens is 280 g/mol. The molecule has 3 rings (SSSR count). The Morgan fingerprint density at radius 1 is 1.55 bits per heavy atom. The van der Waals surface area contributed by atoms with E-state index in [1.807, 2.05) is 10.9 Å². The normalized spacial score (nSPS) is 28.5. The van der Waals surface area contributed by atoms with Crippen LogP contribution in [0.15, 0.2) is 12.4 Å². The van der Waals surface area contributed by atoms with Crippen LogP contribution in [-0.4, -0.2) is 53.4 Å². The maximum absolute atomic E-state index is 11.6. The van der Waals surface area contributed by atoms with Crippen LogP contribution in [0, 0.1) is 11.8 Å². The van der Waals surface area contributed by atoms with Crippen molar-refractivity contribution in [1.82, 2.24) is 20.0 Å². The van der Waals surface area contributed by atoms with Gasteiger partial charge in [-0.05, 0) is 25.8 Å². The molecule has 0 aromatic carbocycles. The molecule has 22 heavy (non-hydrogen) atoms. The highest BCUT2D eigenvalue weighted by Gasteiger charge is 2.41. The molecule has 6 heteroatoms. The van der Waals surface area contributed by atoms with Crippen molar-refractivity contribution in [3.63, 3.8) is 0 Å². The fraction of sp³-hybridized carbons (Fsp3) is 0.750. The third-order valence-electron chi connectivity index (χ3n) is 4.96. The van der Waals surface area contributed by atoms with Crippen LogP contribution in [0.4, 0.5) is 0 Å². The highest BCUT2D eigenvalue weighted by atomic mass is 16.5. The van der Waals surface area contributed by atoms with E-state index in [2.05, 4.69) is 28.4 Å².